The van der Waals surface area contributed by atoms with Crippen molar-refractivity contribution in [1.29, 1.82) is 0 Å². The maximum Gasteiger partial charge on any atom is 0.247 e. The summed E-state index contributed by atoms with van der Waals surface area (Å²) < 4.78 is 13.6. The first-order chi connectivity index (χ1) is 17.5. The van der Waals surface area contributed by atoms with Crippen LogP contribution in [0.4, 0.5) is 4.39 Å². The van der Waals surface area contributed by atoms with E-state index in [0.717, 1.165) is 16.7 Å². The third-order valence-electron chi connectivity index (χ3n) is 5.87. The Labute approximate surface area is 215 Å². The van der Waals surface area contributed by atoms with E-state index in [4.69, 9.17) is 11.6 Å². The molecule has 1 atom stereocenters. The van der Waals surface area contributed by atoms with Crippen LogP contribution < -0.4 is 5.32 Å². The third-order valence-corrected chi connectivity index (χ3v) is 6.24. The lowest BCUT2D eigenvalue weighted by Crippen LogP contribution is -2.43. The van der Waals surface area contributed by atoms with Crippen LogP contribution in [0.5, 0.6) is 0 Å². The van der Waals surface area contributed by atoms with Gasteiger partial charge in [0.1, 0.15) is 11.9 Å². The molecule has 6 heteroatoms. The number of hydrogen-bond acceptors (Lipinski definition) is 2. The minimum Gasteiger partial charge on any atom is -0.350 e. The van der Waals surface area contributed by atoms with Gasteiger partial charge >= 0.3 is 0 Å². The van der Waals surface area contributed by atoms with Gasteiger partial charge in [0.05, 0.1) is 6.42 Å². The lowest BCUT2D eigenvalue weighted by molar-refractivity contribution is -0.141. The Morgan fingerprint density at radius 2 is 1.39 bits per heavy atom. The highest BCUT2D eigenvalue weighted by Crippen LogP contribution is 2.25. The van der Waals surface area contributed by atoms with Crippen molar-refractivity contribution in [1.82, 2.24) is 10.2 Å². The number of carbonyl (C=O) groups excluding carboxylic acids is 2. The van der Waals surface area contributed by atoms with Crippen molar-refractivity contribution < 1.29 is 14.0 Å². The number of halogens is 2. The fourth-order valence-electron chi connectivity index (χ4n) is 4.01. The second-order valence-corrected chi connectivity index (χ2v) is 8.84. The van der Waals surface area contributed by atoms with E-state index in [1.165, 1.54) is 12.1 Å². The fourth-order valence-corrected chi connectivity index (χ4v) is 4.21. The summed E-state index contributed by atoms with van der Waals surface area (Å²) >= 11 is 6.28. The first-order valence-electron chi connectivity index (χ1n) is 11.6. The van der Waals surface area contributed by atoms with Crippen LogP contribution in [0.25, 0.3) is 0 Å². The van der Waals surface area contributed by atoms with Crippen LogP contribution >= 0.6 is 11.6 Å². The molecule has 0 unspecified atom stereocenters. The Kier molecular flexibility index (Phi) is 8.48. The first kappa shape index (κ1) is 25.1. The summed E-state index contributed by atoms with van der Waals surface area (Å²) in [6.07, 6.45) is 0.128. The van der Waals surface area contributed by atoms with Crippen molar-refractivity contribution >= 4 is 23.4 Å². The van der Waals surface area contributed by atoms with Crippen LogP contribution in [-0.2, 0) is 29.1 Å². The second-order valence-electron chi connectivity index (χ2n) is 8.43. The van der Waals surface area contributed by atoms with Gasteiger partial charge in [0, 0.05) is 18.1 Å². The smallest absolute Gasteiger partial charge is 0.247 e. The van der Waals surface area contributed by atoms with E-state index in [0.29, 0.717) is 10.6 Å². The van der Waals surface area contributed by atoms with E-state index < -0.39 is 6.04 Å². The van der Waals surface area contributed by atoms with Crippen LogP contribution in [0, 0.1) is 5.82 Å². The highest BCUT2D eigenvalue weighted by Gasteiger charge is 2.31. The fraction of sp³-hybridized carbons (Fsp3) is 0.133. The van der Waals surface area contributed by atoms with Crippen molar-refractivity contribution in [2.24, 2.45) is 0 Å². The molecule has 0 radical (unpaired) electrons. The van der Waals surface area contributed by atoms with E-state index in [9.17, 15) is 14.0 Å². The molecule has 0 aliphatic rings. The Morgan fingerprint density at radius 1 is 0.778 bits per heavy atom. The summed E-state index contributed by atoms with van der Waals surface area (Å²) in [5, 5.41) is 3.51. The highest BCUT2D eigenvalue weighted by atomic mass is 35.5. The molecule has 0 aliphatic carbocycles. The van der Waals surface area contributed by atoms with Gasteiger partial charge in [0.2, 0.25) is 11.8 Å². The average molecular weight is 501 g/mol. The third kappa shape index (κ3) is 6.58. The van der Waals surface area contributed by atoms with E-state index in [-0.39, 0.29) is 37.1 Å². The van der Waals surface area contributed by atoms with Crippen molar-refractivity contribution in [2.45, 2.75) is 25.6 Å². The quantitative estimate of drug-likeness (QED) is 0.301. The molecular formula is C30H26ClFN2O2. The van der Waals surface area contributed by atoms with Crippen molar-refractivity contribution in [3.8, 4) is 0 Å². The first-order valence-corrected chi connectivity index (χ1v) is 12.0. The van der Waals surface area contributed by atoms with Crippen LogP contribution in [0.15, 0.2) is 109 Å². The summed E-state index contributed by atoms with van der Waals surface area (Å²) in [7, 11) is 0. The summed E-state index contributed by atoms with van der Waals surface area (Å²) in [6.45, 7) is 0.365. The molecule has 4 aromatic carbocycles. The number of benzene rings is 4. The zero-order valence-corrected chi connectivity index (χ0v) is 20.4. The topological polar surface area (TPSA) is 49.4 Å². The standard InChI is InChI=1S/C30H26ClFN2O2/c31-27-14-8-7-13-25(27)20-33-30(36)29(24-11-5-2-6-12-24)34(21-23-15-17-26(32)18-16-23)28(35)19-22-9-3-1-4-10-22/h1-18,29H,19-21H2,(H,33,36)/t29-/m0/s1. The molecular weight excluding hydrogens is 475 g/mol. The average Bonchev–Trinajstić information content (AvgIpc) is 2.90. The van der Waals surface area contributed by atoms with Gasteiger partial charge in [-0.25, -0.2) is 4.39 Å². The molecule has 0 saturated carbocycles. The molecule has 0 aromatic heterocycles. The molecule has 4 aromatic rings. The minimum atomic E-state index is -0.894. The Bertz CT molecular complexity index is 1300. The van der Waals surface area contributed by atoms with Crippen LogP contribution in [0.2, 0.25) is 5.02 Å². The SMILES string of the molecule is O=C(NCc1ccccc1Cl)[C@H](c1ccccc1)N(Cc1ccc(F)cc1)C(=O)Cc1ccccc1. The summed E-state index contributed by atoms with van der Waals surface area (Å²) in [4.78, 5) is 28.9. The van der Waals surface area contributed by atoms with Gasteiger partial charge in [-0.2, -0.15) is 0 Å². The lowest BCUT2D eigenvalue weighted by Gasteiger charge is -2.32. The monoisotopic (exact) mass is 500 g/mol. The maximum absolute atomic E-state index is 13.7. The van der Waals surface area contributed by atoms with Gasteiger partial charge in [-0.15, -0.1) is 0 Å². The Balaban J connectivity index is 1.67. The van der Waals surface area contributed by atoms with Crippen LogP contribution in [0.1, 0.15) is 28.3 Å². The molecule has 4 nitrogen and oxygen atoms in total. The van der Waals surface area contributed by atoms with Gasteiger partial charge in [-0.1, -0.05) is 103 Å². The molecule has 0 aliphatic heterocycles. The van der Waals surface area contributed by atoms with Crippen molar-refractivity contribution in [3.63, 3.8) is 0 Å². The number of carbonyl (C=O) groups is 2. The zero-order chi connectivity index (χ0) is 25.3. The van der Waals surface area contributed by atoms with Crippen molar-refractivity contribution in [2.75, 3.05) is 0 Å². The van der Waals surface area contributed by atoms with E-state index in [1.807, 2.05) is 78.9 Å². The van der Waals surface area contributed by atoms with Gasteiger partial charge in [-0.05, 0) is 40.5 Å². The largest absolute Gasteiger partial charge is 0.350 e. The molecule has 1 N–H and O–H groups in total. The predicted molar refractivity (Wildman–Crippen MR) is 140 cm³/mol. The van der Waals surface area contributed by atoms with Crippen LogP contribution in [-0.4, -0.2) is 16.7 Å². The minimum absolute atomic E-state index is 0.128. The zero-order valence-electron chi connectivity index (χ0n) is 19.6. The van der Waals surface area contributed by atoms with E-state index in [2.05, 4.69) is 5.32 Å². The Morgan fingerprint density at radius 3 is 2.06 bits per heavy atom. The van der Waals surface area contributed by atoms with Gasteiger partial charge in [0.15, 0.2) is 0 Å². The normalized spacial score (nSPS) is 11.5. The summed E-state index contributed by atoms with van der Waals surface area (Å²) in [5.41, 5.74) is 3.02. The van der Waals surface area contributed by atoms with Gasteiger partial charge in [-0.3, -0.25) is 9.59 Å². The molecule has 4 rings (SSSR count). The number of amides is 2. The maximum atomic E-state index is 13.7. The van der Waals surface area contributed by atoms with Gasteiger partial charge < -0.3 is 10.2 Å². The van der Waals surface area contributed by atoms with E-state index >= 15 is 0 Å². The summed E-state index contributed by atoms with van der Waals surface area (Å²) in [6, 6.07) is 30.9. The molecule has 0 spiro atoms. The number of nitrogens with zero attached hydrogens (tertiary/aromatic N) is 1. The molecule has 36 heavy (non-hydrogen) atoms. The van der Waals surface area contributed by atoms with Gasteiger partial charge in [0.25, 0.3) is 0 Å². The summed E-state index contributed by atoms with van der Waals surface area (Å²) in [5.74, 6) is -0.907. The molecule has 2 amide bonds. The number of hydrogen-bond donors (Lipinski definition) is 1. The highest BCUT2D eigenvalue weighted by molar-refractivity contribution is 6.31. The molecule has 0 saturated heterocycles. The van der Waals surface area contributed by atoms with E-state index in [1.54, 1.807) is 23.1 Å². The second kappa shape index (κ2) is 12.1. The number of rotatable bonds is 9. The lowest BCUT2D eigenvalue weighted by atomic mass is 10.0. The molecule has 0 heterocycles. The molecule has 0 bridgehead atoms. The van der Waals surface area contributed by atoms with Crippen LogP contribution in [0.3, 0.4) is 0 Å². The predicted octanol–water partition coefficient (Wildman–Crippen LogP) is 6.11. The van der Waals surface area contributed by atoms with Crippen molar-refractivity contribution in [3.05, 3.63) is 142 Å². The molecule has 0 fully saturated rings. The Hall–Kier alpha value is -3.96. The number of nitrogens with one attached hydrogen (secondary N) is 1. The molecule has 182 valence electrons.